The van der Waals surface area contributed by atoms with Gasteiger partial charge in [-0.05, 0) is 11.1 Å². The van der Waals surface area contributed by atoms with Crippen molar-refractivity contribution in [2.45, 2.75) is 25.1 Å². The number of aliphatic carboxylic acids is 1. The smallest absolute Gasteiger partial charge is 0.305 e. The second-order valence-corrected chi connectivity index (χ2v) is 5.01. The molecule has 0 radical (unpaired) electrons. The van der Waals surface area contributed by atoms with Gasteiger partial charge in [-0.25, -0.2) is 0 Å². The highest BCUT2D eigenvalue weighted by Gasteiger charge is 2.38. The minimum Gasteiger partial charge on any atom is -0.481 e. The van der Waals surface area contributed by atoms with E-state index in [-0.39, 0.29) is 12.0 Å². The van der Waals surface area contributed by atoms with E-state index in [1.165, 1.54) is 0 Å². The number of carboxylic acid groups (broad SMARTS) is 1. The Labute approximate surface area is 113 Å². The Hall–Kier alpha value is -1.43. The highest BCUT2D eigenvalue weighted by molar-refractivity contribution is 5.68. The maximum atomic E-state index is 10.9. The van der Waals surface area contributed by atoms with Crippen LogP contribution < -0.4 is 10.6 Å². The molecule has 1 heterocycles. The molecule has 0 aromatic heterocycles. The molecule has 5 heteroatoms. The second-order valence-electron chi connectivity index (χ2n) is 5.01. The SMILES string of the molecule is COCc1ccccc1CNC1(CC(=O)O)CNC1. The van der Waals surface area contributed by atoms with Crippen LogP contribution in [-0.2, 0) is 22.7 Å². The predicted molar refractivity (Wildman–Crippen MR) is 71.8 cm³/mol. The third kappa shape index (κ3) is 3.53. The molecule has 0 spiro atoms. The van der Waals surface area contributed by atoms with Gasteiger partial charge in [0, 0.05) is 26.7 Å². The number of hydrogen-bond acceptors (Lipinski definition) is 4. The van der Waals surface area contributed by atoms with Crippen LogP contribution in [0.2, 0.25) is 0 Å². The number of carboxylic acids is 1. The quantitative estimate of drug-likeness (QED) is 0.677. The van der Waals surface area contributed by atoms with Crippen molar-refractivity contribution in [2.24, 2.45) is 0 Å². The van der Waals surface area contributed by atoms with E-state index in [0.29, 0.717) is 26.2 Å². The van der Waals surface area contributed by atoms with Crippen LogP contribution in [0.25, 0.3) is 0 Å². The van der Waals surface area contributed by atoms with Gasteiger partial charge in [-0.15, -0.1) is 0 Å². The Bertz CT molecular complexity index is 444. The van der Waals surface area contributed by atoms with Gasteiger partial charge >= 0.3 is 5.97 Å². The third-order valence-electron chi connectivity index (χ3n) is 3.49. The van der Waals surface area contributed by atoms with Crippen LogP contribution in [0.1, 0.15) is 17.5 Å². The Morgan fingerprint density at radius 3 is 2.63 bits per heavy atom. The van der Waals surface area contributed by atoms with Crippen molar-refractivity contribution in [3.05, 3.63) is 35.4 Å². The lowest BCUT2D eigenvalue weighted by molar-refractivity contribution is -0.139. The normalized spacial score (nSPS) is 16.9. The number of rotatable bonds is 7. The zero-order valence-corrected chi connectivity index (χ0v) is 11.1. The molecule has 1 aliphatic heterocycles. The maximum Gasteiger partial charge on any atom is 0.305 e. The molecule has 0 bridgehead atoms. The summed E-state index contributed by atoms with van der Waals surface area (Å²) in [5.74, 6) is -0.765. The Kier molecular flexibility index (Phi) is 4.52. The van der Waals surface area contributed by atoms with Crippen LogP contribution in [0.5, 0.6) is 0 Å². The fourth-order valence-corrected chi connectivity index (χ4v) is 2.34. The molecule has 0 aliphatic carbocycles. The Balaban J connectivity index is 1.99. The van der Waals surface area contributed by atoms with E-state index in [4.69, 9.17) is 9.84 Å². The van der Waals surface area contributed by atoms with E-state index in [1.807, 2.05) is 24.3 Å². The lowest BCUT2D eigenvalue weighted by Crippen LogP contribution is -2.68. The summed E-state index contributed by atoms with van der Waals surface area (Å²) in [5.41, 5.74) is 1.97. The van der Waals surface area contributed by atoms with Gasteiger partial charge in [0.15, 0.2) is 0 Å². The molecule has 5 nitrogen and oxygen atoms in total. The summed E-state index contributed by atoms with van der Waals surface area (Å²) in [6, 6.07) is 8.04. The van der Waals surface area contributed by atoms with Crippen molar-refractivity contribution in [2.75, 3.05) is 20.2 Å². The molecule has 1 fully saturated rings. The highest BCUT2D eigenvalue weighted by atomic mass is 16.5. The maximum absolute atomic E-state index is 10.9. The summed E-state index contributed by atoms with van der Waals surface area (Å²) >= 11 is 0. The summed E-state index contributed by atoms with van der Waals surface area (Å²) in [6.07, 6.45) is 0.145. The lowest BCUT2D eigenvalue weighted by atomic mass is 9.88. The van der Waals surface area contributed by atoms with Gasteiger partial charge in [0.25, 0.3) is 0 Å². The zero-order valence-electron chi connectivity index (χ0n) is 11.1. The first kappa shape index (κ1) is 14.0. The van der Waals surface area contributed by atoms with E-state index in [2.05, 4.69) is 10.6 Å². The molecule has 0 saturated carbocycles. The molecule has 0 unspecified atom stereocenters. The molecule has 3 N–H and O–H groups in total. The summed E-state index contributed by atoms with van der Waals surface area (Å²) < 4.78 is 5.17. The average molecular weight is 264 g/mol. The molecule has 2 rings (SSSR count). The number of ether oxygens (including phenoxy) is 1. The van der Waals surface area contributed by atoms with E-state index >= 15 is 0 Å². The van der Waals surface area contributed by atoms with Gasteiger partial charge in [-0.3, -0.25) is 4.79 Å². The predicted octanol–water partition coefficient (Wildman–Crippen LogP) is 0.739. The lowest BCUT2D eigenvalue weighted by Gasteiger charge is -2.42. The molecule has 1 aromatic rings. The van der Waals surface area contributed by atoms with Crippen LogP contribution in [0.4, 0.5) is 0 Å². The number of hydrogen-bond donors (Lipinski definition) is 3. The molecule has 104 valence electrons. The topological polar surface area (TPSA) is 70.6 Å². The molecule has 1 aliphatic rings. The number of carbonyl (C=O) groups is 1. The van der Waals surface area contributed by atoms with Gasteiger partial charge in [-0.2, -0.15) is 0 Å². The van der Waals surface area contributed by atoms with Crippen molar-refractivity contribution in [1.29, 1.82) is 0 Å². The molecule has 0 amide bonds. The van der Waals surface area contributed by atoms with Crippen molar-refractivity contribution >= 4 is 5.97 Å². The van der Waals surface area contributed by atoms with Crippen molar-refractivity contribution in [3.8, 4) is 0 Å². The number of methoxy groups -OCH3 is 1. The first-order valence-electron chi connectivity index (χ1n) is 6.38. The van der Waals surface area contributed by atoms with Gasteiger partial charge in [-0.1, -0.05) is 24.3 Å². The largest absolute Gasteiger partial charge is 0.481 e. The van der Waals surface area contributed by atoms with Crippen LogP contribution >= 0.6 is 0 Å². The van der Waals surface area contributed by atoms with Crippen LogP contribution in [-0.4, -0.2) is 36.8 Å². The second kappa shape index (κ2) is 6.14. The summed E-state index contributed by atoms with van der Waals surface area (Å²) in [5, 5.41) is 15.5. The van der Waals surface area contributed by atoms with Gasteiger partial charge < -0.3 is 20.5 Å². The zero-order chi connectivity index (χ0) is 13.7. The molecule has 19 heavy (non-hydrogen) atoms. The Morgan fingerprint density at radius 2 is 2.11 bits per heavy atom. The van der Waals surface area contributed by atoms with E-state index in [9.17, 15) is 4.79 Å². The van der Waals surface area contributed by atoms with Gasteiger partial charge in [0.1, 0.15) is 0 Å². The average Bonchev–Trinajstić information content (AvgIpc) is 2.34. The fraction of sp³-hybridized carbons (Fsp3) is 0.500. The molecule has 1 aromatic carbocycles. The van der Waals surface area contributed by atoms with Crippen molar-refractivity contribution < 1.29 is 14.6 Å². The summed E-state index contributed by atoms with van der Waals surface area (Å²) in [4.78, 5) is 10.9. The molecule has 0 atom stereocenters. The number of benzene rings is 1. The van der Waals surface area contributed by atoms with Gasteiger partial charge in [0.05, 0.1) is 18.6 Å². The number of nitrogens with one attached hydrogen (secondary N) is 2. The highest BCUT2D eigenvalue weighted by Crippen LogP contribution is 2.18. The van der Waals surface area contributed by atoms with Crippen LogP contribution in [0.15, 0.2) is 24.3 Å². The van der Waals surface area contributed by atoms with E-state index in [0.717, 1.165) is 11.1 Å². The molecule has 1 saturated heterocycles. The van der Waals surface area contributed by atoms with E-state index in [1.54, 1.807) is 7.11 Å². The summed E-state index contributed by atoms with van der Waals surface area (Å²) in [7, 11) is 1.67. The Morgan fingerprint density at radius 1 is 1.42 bits per heavy atom. The monoisotopic (exact) mass is 264 g/mol. The van der Waals surface area contributed by atoms with Crippen LogP contribution in [0.3, 0.4) is 0 Å². The molecular weight excluding hydrogens is 244 g/mol. The summed E-state index contributed by atoms with van der Waals surface area (Å²) in [6.45, 7) is 2.63. The third-order valence-corrected chi connectivity index (χ3v) is 3.49. The minimum absolute atomic E-state index is 0.145. The first-order valence-corrected chi connectivity index (χ1v) is 6.38. The minimum atomic E-state index is -0.765. The van der Waals surface area contributed by atoms with Gasteiger partial charge in [0.2, 0.25) is 0 Å². The first-order chi connectivity index (χ1) is 9.15. The van der Waals surface area contributed by atoms with Crippen LogP contribution in [0, 0.1) is 0 Å². The van der Waals surface area contributed by atoms with Crippen molar-refractivity contribution in [3.63, 3.8) is 0 Å². The van der Waals surface area contributed by atoms with Crippen molar-refractivity contribution in [1.82, 2.24) is 10.6 Å². The van der Waals surface area contributed by atoms with E-state index < -0.39 is 5.97 Å². The fourth-order valence-electron chi connectivity index (χ4n) is 2.34. The standard InChI is InChI=1S/C14H20N2O3/c1-19-8-12-5-3-2-4-11(12)7-16-14(6-13(17)18)9-15-10-14/h2-5,15-16H,6-10H2,1H3,(H,17,18). The molecular formula is C14H20N2O3.